The number of nitrogens with one attached hydrogen (secondary N) is 1. The molecule has 1 N–H and O–H groups in total. The molecular weight excluding hydrogens is 324 g/mol. The van der Waals surface area contributed by atoms with Crippen molar-refractivity contribution in [2.24, 2.45) is 5.92 Å². The van der Waals surface area contributed by atoms with E-state index in [9.17, 15) is 13.2 Å². The van der Waals surface area contributed by atoms with Gasteiger partial charge in [-0.25, -0.2) is 8.42 Å². The molecule has 2 unspecified atom stereocenters. The third-order valence-electron chi connectivity index (χ3n) is 3.08. The Morgan fingerprint density at radius 3 is 2.80 bits per heavy atom. The van der Waals surface area contributed by atoms with E-state index in [4.69, 9.17) is 11.6 Å². The molecule has 1 aliphatic rings. The van der Waals surface area contributed by atoms with Gasteiger partial charge in [0.25, 0.3) is 10.0 Å². The lowest BCUT2D eigenvalue weighted by atomic mass is 10.0. The molecule has 0 radical (unpaired) electrons. The van der Waals surface area contributed by atoms with Crippen molar-refractivity contribution in [1.29, 1.82) is 0 Å². The van der Waals surface area contributed by atoms with Crippen LogP contribution in [0.5, 0.6) is 0 Å². The van der Waals surface area contributed by atoms with Crippen LogP contribution in [0.2, 0.25) is 0 Å². The second-order valence-corrected chi connectivity index (χ2v) is 8.35. The number of hydrogen-bond donors (Lipinski definition) is 1. The normalized spacial score (nSPS) is 24.6. The number of sulfonamides is 1. The van der Waals surface area contributed by atoms with E-state index in [0.717, 1.165) is 11.3 Å². The first-order valence-electron chi connectivity index (χ1n) is 6.06. The molecule has 1 fully saturated rings. The van der Waals surface area contributed by atoms with Crippen molar-refractivity contribution in [2.75, 3.05) is 18.4 Å². The zero-order valence-corrected chi connectivity index (χ0v) is 13.4. The molecule has 7 nitrogen and oxygen atoms in total. The smallest absolute Gasteiger partial charge is 0.272 e. The van der Waals surface area contributed by atoms with Gasteiger partial charge in [-0.2, -0.15) is 4.31 Å². The van der Waals surface area contributed by atoms with Crippen LogP contribution in [0, 0.1) is 5.92 Å². The number of hydrogen-bond acceptors (Lipinski definition) is 6. The van der Waals surface area contributed by atoms with Crippen LogP contribution < -0.4 is 5.32 Å². The minimum absolute atomic E-state index is 0.125. The van der Waals surface area contributed by atoms with Gasteiger partial charge in [-0.15, -0.1) is 21.8 Å². The van der Waals surface area contributed by atoms with Crippen LogP contribution in [-0.2, 0) is 14.8 Å². The highest BCUT2D eigenvalue weighted by Crippen LogP contribution is 2.29. The third-order valence-corrected chi connectivity index (χ3v) is 6.70. The monoisotopic (exact) mass is 338 g/mol. The number of carbonyl (C=O) groups is 1. The summed E-state index contributed by atoms with van der Waals surface area (Å²) < 4.78 is 26.0. The number of nitrogens with zero attached hydrogens (tertiary/aromatic N) is 3. The summed E-state index contributed by atoms with van der Waals surface area (Å²) in [5, 5.41) is 9.67. The largest absolute Gasteiger partial charge is 0.301 e. The fourth-order valence-corrected chi connectivity index (χ4v) is 4.78. The number of carbonyl (C=O) groups excluding carboxylic acids is 1. The van der Waals surface area contributed by atoms with Crippen molar-refractivity contribution in [3.8, 4) is 0 Å². The van der Waals surface area contributed by atoms with Crippen molar-refractivity contribution >= 4 is 44.0 Å². The van der Waals surface area contributed by atoms with Crippen LogP contribution >= 0.6 is 22.9 Å². The maximum absolute atomic E-state index is 12.4. The minimum atomic E-state index is -3.69. The molecule has 2 atom stereocenters. The number of piperidine rings is 1. The molecule has 2 rings (SSSR count). The van der Waals surface area contributed by atoms with Gasteiger partial charge in [0.2, 0.25) is 15.4 Å². The van der Waals surface area contributed by atoms with Crippen molar-refractivity contribution in [3.05, 3.63) is 0 Å². The Kier molecular flexibility index (Phi) is 4.62. The zero-order chi connectivity index (χ0) is 14.9. The molecule has 1 aliphatic heterocycles. The summed E-state index contributed by atoms with van der Waals surface area (Å²) in [5.74, 6) is -0.0369. The molecule has 0 aromatic carbocycles. The average Bonchev–Trinajstić information content (AvgIpc) is 2.80. The van der Waals surface area contributed by atoms with Gasteiger partial charge in [0.1, 0.15) is 0 Å². The molecule has 2 heterocycles. The Hall–Kier alpha value is -0.770. The Bertz CT molecular complexity index is 603. The molecule has 1 aromatic heterocycles. The Morgan fingerprint density at radius 1 is 1.50 bits per heavy atom. The first-order chi connectivity index (χ1) is 9.30. The minimum Gasteiger partial charge on any atom is -0.301 e. The molecule has 20 heavy (non-hydrogen) atoms. The first kappa shape index (κ1) is 15.6. The van der Waals surface area contributed by atoms with Gasteiger partial charge in [0.15, 0.2) is 0 Å². The molecule has 1 saturated heterocycles. The van der Waals surface area contributed by atoms with Crippen LogP contribution in [0.4, 0.5) is 5.13 Å². The molecule has 112 valence electrons. The quantitative estimate of drug-likeness (QED) is 0.659. The summed E-state index contributed by atoms with van der Waals surface area (Å²) in [5.41, 5.74) is 0. The topological polar surface area (TPSA) is 92.3 Å². The van der Waals surface area contributed by atoms with Crippen LogP contribution in [0.15, 0.2) is 4.34 Å². The predicted molar refractivity (Wildman–Crippen MR) is 76.4 cm³/mol. The fourth-order valence-electron chi connectivity index (χ4n) is 1.84. The summed E-state index contributed by atoms with van der Waals surface area (Å²) in [6, 6.07) is 0. The van der Waals surface area contributed by atoms with Crippen molar-refractivity contribution in [3.63, 3.8) is 0 Å². The third kappa shape index (κ3) is 3.27. The first-order valence-corrected chi connectivity index (χ1v) is 8.75. The number of rotatable bonds is 3. The van der Waals surface area contributed by atoms with E-state index < -0.39 is 10.0 Å². The summed E-state index contributed by atoms with van der Waals surface area (Å²) in [7, 11) is -3.69. The highest BCUT2D eigenvalue weighted by Gasteiger charge is 2.35. The van der Waals surface area contributed by atoms with E-state index in [2.05, 4.69) is 15.5 Å². The maximum atomic E-state index is 12.4. The van der Waals surface area contributed by atoms with Gasteiger partial charge < -0.3 is 5.32 Å². The maximum Gasteiger partial charge on any atom is 0.272 e. The second kappa shape index (κ2) is 5.92. The van der Waals surface area contributed by atoms with Crippen molar-refractivity contribution < 1.29 is 13.2 Å². The van der Waals surface area contributed by atoms with Gasteiger partial charge in [-0.1, -0.05) is 18.3 Å². The van der Waals surface area contributed by atoms with Crippen LogP contribution in [0.3, 0.4) is 0 Å². The number of amides is 1. The van der Waals surface area contributed by atoms with Crippen LogP contribution in [-0.4, -0.2) is 47.3 Å². The molecule has 10 heteroatoms. The summed E-state index contributed by atoms with van der Waals surface area (Å²) in [6.45, 7) is 4.00. The molecule has 0 spiro atoms. The average molecular weight is 339 g/mol. The Morgan fingerprint density at radius 2 is 2.20 bits per heavy atom. The van der Waals surface area contributed by atoms with E-state index in [-0.39, 0.29) is 33.2 Å². The Balaban J connectivity index is 2.18. The van der Waals surface area contributed by atoms with Gasteiger partial charge in [0, 0.05) is 25.4 Å². The van der Waals surface area contributed by atoms with Crippen molar-refractivity contribution in [2.45, 2.75) is 30.0 Å². The lowest BCUT2D eigenvalue weighted by molar-refractivity contribution is -0.114. The summed E-state index contributed by atoms with van der Waals surface area (Å²) >= 11 is 6.97. The summed E-state index contributed by atoms with van der Waals surface area (Å²) in [4.78, 5) is 10.9. The Labute approximate surface area is 126 Å². The number of anilines is 1. The zero-order valence-electron chi connectivity index (χ0n) is 11.0. The number of aromatic nitrogens is 2. The summed E-state index contributed by atoms with van der Waals surface area (Å²) in [6.07, 6.45) is 0.713. The SMILES string of the molecule is CC(=O)Nc1nnc(S(=O)(=O)N2CCC(C)C(Cl)C2)s1. The molecule has 0 aliphatic carbocycles. The lowest BCUT2D eigenvalue weighted by Gasteiger charge is -2.32. The van der Waals surface area contributed by atoms with E-state index in [1.165, 1.54) is 11.2 Å². The van der Waals surface area contributed by atoms with E-state index in [0.29, 0.717) is 13.0 Å². The van der Waals surface area contributed by atoms with Gasteiger partial charge in [-0.3, -0.25) is 4.79 Å². The van der Waals surface area contributed by atoms with Gasteiger partial charge in [0.05, 0.1) is 0 Å². The standard InChI is InChI=1S/C10H15ClN4O3S2/c1-6-3-4-15(5-8(6)11)20(17,18)10-14-13-9(19-10)12-7(2)16/h6,8H,3-5H2,1-2H3,(H,12,13,16). The molecule has 1 amide bonds. The highest BCUT2D eigenvalue weighted by molar-refractivity contribution is 7.91. The predicted octanol–water partition coefficient (Wildman–Crippen LogP) is 1.13. The van der Waals surface area contributed by atoms with Gasteiger partial charge >= 0.3 is 0 Å². The van der Waals surface area contributed by atoms with E-state index >= 15 is 0 Å². The fraction of sp³-hybridized carbons (Fsp3) is 0.700. The van der Waals surface area contributed by atoms with E-state index in [1.807, 2.05) is 6.92 Å². The van der Waals surface area contributed by atoms with E-state index in [1.54, 1.807) is 0 Å². The number of halogens is 1. The molecular formula is C10H15ClN4O3S2. The van der Waals surface area contributed by atoms with Crippen LogP contribution in [0.1, 0.15) is 20.3 Å². The molecule has 0 saturated carbocycles. The number of alkyl halides is 1. The second-order valence-electron chi connectivity index (χ2n) is 4.70. The van der Waals surface area contributed by atoms with Gasteiger partial charge in [-0.05, 0) is 12.3 Å². The molecule has 1 aromatic rings. The lowest BCUT2D eigenvalue weighted by Crippen LogP contribution is -2.43. The van der Waals surface area contributed by atoms with Crippen molar-refractivity contribution in [1.82, 2.24) is 14.5 Å². The van der Waals surface area contributed by atoms with Crippen LogP contribution in [0.25, 0.3) is 0 Å². The highest BCUT2D eigenvalue weighted by atomic mass is 35.5. The molecule has 0 bridgehead atoms.